The number of terminal acetylenes is 1. The highest BCUT2D eigenvalue weighted by atomic mass is 35.5. The first-order valence-electron chi connectivity index (χ1n) is 7.45. The Morgan fingerprint density at radius 2 is 2.04 bits per heavy atom. The molecule has 0 unspecified atom stereocenters. The number of hydrogen-bond acceptors (Lipinski definition) is 4. The maximum absolute atomic E-state index is 12.6. The number of rotatable bonds is 4. The van der Waals surface area contributed by atoms with Gasteiger partial charge in [0.25, 0.3) is 10.0 Å². The van der Waals surface area contributed by atoms with Crippen LogP contribution in [0.3, 0.4) is 0 Å². The summed E-state index contributed by atoms with van der Waals surface area (Å²) in [6, 6.07) is 9.06. The molecule has 0 N–H and O–H groups in total. The van der Waals surface area contributed by atoms with Gasteiger partial charge >= 0.3 is 0 Å². The van der Waals surface area contributed by atoms with E-state index in [0.29, 0.717) is 15.1 Å². The lowest BCUT2D eigenvalue weighted by Crippen LogP contribution is -2.16. The van der Waals surface area contributed by atoms with Gasteiger partial charge in [0.05, 0.1) is 21.1 Å². The van der Waals surface area contributed by atoms with Crippen LogP contribution in [0.15, 0.2) is 38.9 Å². The van der Waals surface area contributed by atoms with Gasteiger partial charge in [-0.05, 0) is 35.7 Å². The van der Waals surface area contributed by atoms with E-state index in [2.05, 4.69) is 30.2 Å². The van der Waals surface area contributed by atoms with Crippen LogP contribution in [0.25, 0.3) is 10.2 Å². The van der Waals surface area contributed by atoms with Gasteiger partial charge in [0.1, 0.15) is 4.21 Å². The van der Waals surface area contributed by atoms with Crippen molar-refractivity contribution in [3.63, 3.8) is 0 Å². The van der Waals surface area contributed by atoms with Crippen molar-refractivity contribution in [2.75, 3.05) is 0 Å². The minimum Gasteiger partial charge on any atom is -0.304 e. The highest BCUT2D eigenvalue weighted by molar-refractivity contribution is 7.92. The van der Waals surface area contributed by atoms with Gasteiger partial charge in [0, 0.05) is 0 Å². The molecular weight excluding hydrogens is 396 g/mol. The van der Waals surface area contributed by atoms with Gasteiger partial charge in [-0.3, -0.25) is 0 Å². The number of sulfonamides is 1. The standard InChI is InChI=1S/C17H15ClN2O2S3/c1-4-9-20-13-6-5-12(11(2)3)10-14(13)23-17(20)19-25(21,22)16-8-7-15(18)24-16/h1,5-8,10-11H,9H2,2-3H3/b19-17-. The Morgan fingerprint density at radius 3 is 2.64 bits per heavy atom. The molecule has 0 radical (unpaired) electrons. The Morgan fingerprint density at radius 1 is 1.28 bits per heavy atom. The van der Waals surface area contributed by atoms with E-state index in [4.69, 9.17) is 18.0 Å². The normalized spacial score (nSPS) is 12.8. The van der Waals surface area contributed by atoms with Crippen molar-refractivity contribution < 1.29 is 8.42 Å². The monoisotopic (exact) mass is 410 g/mol. The molecule has 0 saturated heterocycles. The molecule has 3 aromatic rings. The fourth-order valence-corrected chi connectivity index (χ4v) is 6.09. The van der Waals surface area contributed by atoms with Gasteiger partial charge in [-0.25, -0.2) is 0 Å². The average molecular weight is 411 g/mol. The predicted molar refractivity (Wildman–Crippen MR) is 105 cm³/mol. The minimum atomic E-state index is -3.83. The van der Waals surface area contributed by atoms with Gasteiger partial charge in [-0.2, -0.15) is 8.42 Å². The zero-order valence-electron chi connectivity index (χ0n) is 13.6. The molecule has 1 aromatic carbocycles. The second kappa shape index (κ2) is 6.96. The van der Waals surface area contributed by atoms with E-state index in [9.17, 15) is 8.42 Å². The summed E-state index contributed by atoms with van der Waals surface area (Å²) in [6.07, 6.45) is 5.46. The predicted octanol–water partition coefficient (Wildman–Crippen LogP) is 4.46. The minimum absolute atomic E-state index is 0.116. The molecule has 2 aromatic heterocycles. The third-order valence-corrected chi connectivity index (χ3v) is 7.75. The molecule has 0 aliphatic rings. The van der Waals surface area contributed by atoms with Crippen molar-refractivity contribution >= 4 is 54.5 Å². The third-order valence-electron chi connectivity index (χ3n) is 3.62. The van der Waals surface area contributed by atoms with Crippen LogP contribution in [-0.2, 0) is 16.6 Å². The van der Waals surface area contributed by atoms with Gasteiger partial charge in [-0.1, -0.05) is 48.8 Å². The third kappa shape index (κ3) is 3.67. The van der Waals surface area contributed by atoms with E-state index in [1.165, 1.54) is 23.0 Å². The lowest BCUT2D eigenvalue weighted by molar-refractivity contribution is 0.598. The molecule has 0 spiro atoms. The van der Waals surface area contributed by atoms with E-state index in [1.807, 2.05) is 12.1 Å². The van der Waals surface area contributed by atoms with Gasteiger partial charge in [-0.15, -0.1) is 22.2 Å². The molecule has 2 heterocycles. The van der Waals surface area contributed by atoms with Crippen molar-refractivity contribution in [2.45, 2.75) is 30.5 Å². The number of fused-ring (bicyclic) bond motifs is 1. The first kappa shape index (κ1) is 18.2. The first-order valence-corrected chi connectivity index (χ1v) is 10.9. The molecular formula is C17H15ClN2O2S3. The maximum atomic E-state index is 12.6. The Balaban J connectivity index is 2.24. The molecule has 0 saturated carbocycles. The molecule has 8 heteroatoms. The van der Waals surface area contributed by atoms with E-state index in [-0.39, 0.29) is 10.8 Å². The summed E-state index contributed by atoms with van der Waals surface area (Å²) in [6.45, 7) is 4.47. The zero-order chi connectivity index (χ0) is 18.2. The van der Waals surface area contributed by atoms with Crippen LogP contribution >= 0.6 is 34.3 Å². The molecule has 0 fully saturated rings. The molecule has 0 bridgehead atoms. The number of nitrogens with zero attached hydrogens (tertiary/aromatic N) is 2. The van der Waals surface area contributed by atoms with Crippen LogP contribution in [-0.4, -0.2) is 13.0 Å². The summed E-state index contributed by atoms with van der Waals surface area (Å²) in [5, 5.41) is 0. The van der Waals surface area contributed by atoms with Gasteiger partial charge in [0.2, 0.25) is 4.80 Å². The maximum Gasteiger partial charge on any atom is 0.294 e. The summed E-state index contributed by atoms with van der Waals surface area (Å²) in [5.74, 6) is 2.95. The first-order chi connectivity index (χ1) is 11.8. The van der Waals surface area contributed by atoms with Crippen molar-refractivity contribution in [2.24, 2.45) is 4.40 Å². The molecule has 0 amide bonds. The number of hydrogen-bond donors (Lipinski definition) is 0. The Hall–Kier alpha value is -1.59. The largest absolute Gasteiger partial charge is 0.304 e. The second-order valence-corrected chi connectivity index (χ2v) is 10.2. The van der Waals surface area contributed by atoms with E-state index in [1.54, 1.807) is 10.6 Å². The number of benzene rings is 1. The Kier molecular flexibility index (Phi) is 5.07. The van der Waals surface area contributed by atoms with E-state index < -0.39 is 10.0 Å². The van der Waals surface area contributed by atoms with Crippen LogP contribution < -0.4 is 4.80 Å². The summed E-state index contributed by atoms with van der Waals surface area (Å²) >= 11 is 8.15. The Bertz CT molecular complexity index is 1140. The number of halogens is 1. The molecule has 25 heavy (non-hydrogen) atoms. The number of thiazole rings is 1. The topological polar surface area (TPSA) is 51.4 Å². The average Bonchev–Trinajstić information content (AvgIpc) is 3.12. The fraction of sp³-hybridized carbons (Fsp3) is 0.235. The van der Waals surface area contributed by atoms with Crippen LogP contribution in [0.5, 0.6) is 0 Å². The number of thiophene rings is 1. The summed E-state index contributed by atoms with van der Waals surface area (Å²) in [4.78, 5) is 0.360. The highest BCUT2D eigenvalue weighted by Gasteiger charge is 2.17. The van der Waals surface area contributed by atoms with E-state index in [0.717, 1.165) is 21.6 Å². The Labute approximate surface area is 159 Å². The van der Waals surface area contributed by atoms with Crippen LogP contribution in [0.1, 0.15) is 25.3 Å². The lowest BCUT2D eigenvalue weighted by atomic mass is 10.0. The molecule has 4 nitrogen and oxygen atoms in total. The smallest absolute Gasteiger partial charge is 0.294 e. The SMILES string of the molecule is C#CCn1/c(=N/S(=O)(=O)c2ccc(Cl)s2)sc2cc(C(C)C)ccc21. The summed E-state index contributed by atoms with van der Waals surface area (Å²) in [5.41, 5.74) is 2.06. The second-order valence-electron chi connectivity index (χ2n) is 5.68. The molecule has 0 atom stereocenters. The number of aromatic nitrogens is 1. The summed E-state index contributed by atoms with van der Waals surface area (Å²) in [7, 11) is -3.83. The quantitative estimate of drug-likeness (QED) is 0.596. The van der Waals surface area contributed by atoms with Crippen LogP contribution in [0.2, 0.25) is 4.34 Å². The van der Waals surface area contributed by atoms with E-state index >= 15 is 0 Å². The fourth-order valence-electron chi connectivity index (χ4n) is 2.35. The lowest BCUT2D eigenvalue weighted by Gasteiger charge is -2.05. The molecule has 0 aliphatic heterocycles. The van der Waals surface area contributed by atoms with Crippen molar-refractivity contribution in [1.82, 2.24) is 4.57 Å². The van der Waals surface area contributed by atoms with Crippen LogP contribution in [0, 0.1) is 12.3 Å². The highest BCUT2D eigenvalue weighted by Crippen LogP contribution is 2.27. The molecule has 130 valence electrons. The zero-order valence-corrected chi connectivity index (χ0v) is 16.8. The molecule has 3 rings (SSSR count). The van der Waals surface area contributed by atoms with Crippen LogP contribution in [0.4, 0.5) is 0 Å². The molecule has 0 aliphatic carbocycles. The van der Waals surface area contributed by atoms with Gasteiger partial charge < -0.3 is 4.57 Å². The summed E-state index contributed by atoms with van der Waals surface area (Å²) < 4.78 is 32.3. The van der Waals surface area contributed by atoms with Crippen molar-refractivity contribution in [3.05, 3.63) is 45.0 Å². The van der Waals surface area contributed by atoms with Gasteiger partial charge in [0.15, 0.2) is 0 Å². The van der Waals surface area contributed by atoms with Crippen molar-refractivity contribution in [1.29, 1.82) is 0 Å². The van der Waals surface area contributed by atoms with Crippen molar-refractivity contribution in [3.8, 4) is 12.3 Å².